The molecular weight excluding hydrogens is 222 g/mol. The second-order valence-electron chi connectivity index (χ2n) is 4.08. The summed E-state index contributed by atoms with van der Waals surface area (Å²) in [7, 11) is 1.84. The predicted octanol–water partition coefficient (Wildman–Crippen LogP) is -0.425. The molecule has 17 heavy (non-hydrogen) atoms. The van der Waals surface area contributed by atoms with Crippen molar-refractivity contribution in [1.29, 1.82) is 0 Å². The van der Waals surface area contributed by atoms with Crippen LogP contribution in [-0.2, 0) is 4.74 Å². The van der Waals surface area contributed by atoms with Crippen LogP contribution in [0.1, 0.15) is 12.8 Å². The number of nitrogen functional groups attached to an aromatic ring is 2. The lowest BCUT2D eigenvalue weighted by atomic mass is 10.2. The maximum absolute atomic E-state index is 9.02. The Labute approximate surface area is 99.4 Å². The minimum atomic E-state index is -0.135. The maximum Gasteiger partial charge on any atom is 0.159 e. The van der Waals surface area contributed by atoms with Crippen LogP contribution in [0.15, 0.2) is 6.33 Å². The second kappa shape index (κ2) is 4.72. The van der Waals surface area contributed by atoms with E-state index in [2.05, 4.69) is 9.97 Å². The molecule has 1 aromatic heterocycles. The van der Waals surface area contributed by atoms with Crippen molar-refractivity contribution in [1.82, 2.24) is 9.97 Å². The van der Waals surface area contributed by atoms with E-state index in [1.807, 2.05) is 11.9 Å². The van der Waals surface area contributed by atoms with Gasteiger partial charge in [-0.25, -0.2) is 9.97 Å². The molecule has 0 amide bonds. The topological polar surface area (TPSA) is 111 Å². The molecule has 1 saturated heterocycles. The lowest BCUT2D eigenvalue weighted by Gasteiger charge is -2.26. The Morgan fingerprint density at radius 1 is 1.47 bits per heavy atom. The van der Waals surface area contributed by atoms with Crippen LogP contribution in [0.4, 0.5) is 17.3 Å². The van der Waals surface area contributed by atoms with Crippen molar-refractivity contribution in [2.24, 2.45) is 0 Å². The molecule has 5 N–H and O–H groups in total. The van der Waals surface area contributed by atoms with E-state index in [1.165, 1.54) is 6.33 Å². The molecule has 0 saturated carbocycles. The zero-order chi connectivity index (χ0) is 12.4. The summed E-state index contributed by atoms with van der Waals surface area (Å²) in [5.41, 5.74) is 11.8. The first-order chi connectivity index (χ1) is 8.13. The van der Waals surface area contributed by atoms with Gasteiger partial charge in [0.05, 0.1) is 12.7 Å². The average Bonchev–Trinajstić information content (AvgIpc) is 2.80. The van der Waals surface area contributed by atoms with Gasteiger partial charge in [-0.3, -0.25) is 0 Å². The van der Waals surface area contributed by atoms with E-state index in [4.69, 9.17) is 21.3 Å². The Hall–Kier alpha value is -1.60. The van der Waals surface area contributed by atoms with Crippen LogP contribution in [0, 0.1) is 0 Å². The summed E-state index contributed by atoms with van der Waals surface area (Å²) >= 11 is 0. The quantitative estimate of drug-likeness (QED) is 0.656. The lowest BCUT2D eigenvalue weighted by Crippen LogP contribution is -2.33. The summed E-state index contributed by atoms with van der Waals surface area (Å²) in [6.07, 6.45) is 2.78. The summed E-state index contributed by atoms with van der Waals surface area (Å²) in [6.45, 7) is 0.0335. The molecule has 1 aliphatic rings. The third-order valence-corrected chi connectivity index (χ3v) is 2.95. The van der Waals surface area contributed by atoms with Crippen LogP contribution in [0.2, 0.25) is 0 Å². The highest BCUT2D eigenvalue weighted by Gasteiger charge is 2.29. The number of aliphatic hydroxyl groups is 1. The third kappa shape index (κ3) is 2.25. The van der Waals surface area contributed by atoms with Crippen LogP contribution >= 0.6 is 0 Å². The first kappa shape index (κ1) is 11.9. The van der Waals surface area contributed by atoms with Crippen molar-refractivity contribution in [3.63, 3.8) is 0 Å². The molecule has 2 heterocycles. The standard InChI is InChI=1S/C10H17N5O2/c1-15(7-3-2-6(4-16)17-7)10-8(11)9(12)13-5-14-10/h5-7,16H,2-4,11H2,1H3,(H2,12,13,14). The number of hydrogen-bond acceptors (Lipinski definition) is 7. The predicted molar refractivity (Wildman–Crippen MR) is 64.2 cm³/mol. The molecule has 7 nitrogen and oxygen atoms in total. The molecule has 2 unspecified atom stereocenters. The van der Waals surface area contributed by atoms with E-state index < -0.39 is 0 Å². The molecule has 2 atom stereocenters. The van der Waals surface area contributed by atoms with E-state index in [1.54, 1.807) is 0 Å². The fraction of sp³-hybridized carbons (Fsp3) is 0.600. The number of nitrogens with zero attached hydrogens (tertiary/aromatic N) is 3. The molecule has 1 aliphatic heterocycles. The number of anilines is 3. The first-order valence-corrected chi connectivity index (χ1v) is 5.48. The van der Waals surface area contributed by atoms with Gasteiger partial charge in [-0.15, -0.1) is 0 Å². The zero-order valence-electron chi connectivity index (χ0n) is 9.71. The number of rotatable bonds is 3. The SMILES string of the molecule is CN(c1ncnc(N)c1N)C1CCC(CO)O1. The van der Waals surface area contributed by atoms with Gasteiger partial charge in [0.1, 0.15) is 18.2 Å². The van der Waals surface area contributed by atoms with E-state index in [0.717, 1.165) is 12.8 Å². The van der Waals surface area contributed by atoms with Gasteiger partial charge in [0.2, 0.25) is 0 Å². The van der Waals surface area contributed by atoms with Crippen LogP contribution in [-0.4, -0.2) is 41.1 Å². The highest BCUT2D eigenvalue weighted by Crippen LogP contribution is 2.29. The van der Waals surface area contributed by atoms with Crippen molar-refractivity contribution < 1.29 is 9.84 Å². The summed E-state index contributed by atoms with van der Waals surface area (Å²) in [6, 6.07) is 0. The Morgan fingerprint density at radius 3 is 2.88 bits per heavy atom. The molecule has 0 radical (unpaired) electrons. The van der Waals surface area contributed by atoms with E-state index in [0.29, 0.717) is 11.5 Å². The van der Waals surface area contributed by atoms with Gasteiger partial charge >= 0.3 is 0 Å². The monoisotopic (exact) mass is 239 g/mol. The Bertz CT molecular complexity index is 400. The van der Waals surface area contributed by atoms with Gasteiger partial charge in [-0.1, -0.05) is 0 Å². The number of nitrogens with two attached hydrogens (primary N) is 2. The fourth-order valence-corrected chi connectivity index (χ4v) is 1.92. The zero-order valence-corrected chi connectivity index (χ0v) is 9.71. The molecule has 0 spiro atoms. The number of hydrogen-bond donors (Lipinski definition) is 3. The molecule has 2 rings (SSSR count). The Kier molecular flexibility index (Phi) is 3.30. The number of ether oxygens (including phenoxy) is 1. The van der Waals surface area contributed by atoms with E-state index in [-0.39, 0.29) is 24.8 Å². The van der Waals surface area contributed by atoms with Crippen molar-refractivity contribution >= 4 is 17.3 Å². The number of aromatic nitrogens is 2. The van der Waals surface area contributed by atoms with Crippen molar-refractivity contribution in [3.05, 3.63) is 6.33 Å². The van der Waals surface area contributed by atoms with Crippen LogP contribution in [0.3, 0.4) is 0 Å². The van der Waals surface area contributed by atoms with Crippen molar-refractivity contribution in [2.75, 3.05) is 30.0 Å². The molecule has 1 fully saturated rings. The molecule has 94 valence electrons. The van der Waals surface area contributed by atoms with E-state index >= 15 is 0 Å². The molecule has 1 aromatic rings. The second-order valence-corrected chi connectivity index (χ2v) is 4.08. The molecule has 0 aromatic carbocycles. The largest absolute Gasteiger partial charge is 0.394 e. The van der Waals surface area contributed by atoms with Crippen LogP contribution < -0.4 is 16.4 Å². The minimum Gasteiger partial charge on any atom is -0.394 e. The molecule has 0 aliphatic carbocycles. The summed E-state index contributed by atoms with van der Waals surface area (Å²) in [4.78, 5) is 9.74. The Balaban J connectivity index is 2.15. The van der Waals surface area contributed by atoms with Gasteiger partial charge in [0.25, 0.3) is 0 Å². The summed E-state index contributed by atoms with van der Waals surface area (Å²) < 4.78 is 5.64. The van der Waals surface area contributed by atoms with Gasteiger partial charge in [-0.2, -0.15) is 0 Å². The van der Waals surface area contributed by atoms with Crippen molar-refractivity contribution in [2.45, 2.75) is 25.2 Å². The summed E-state index contributed by atoms with van der Waals surface area (Å²) in [5, 5.41) is 9.02. The van der Waals surface area contributed by atoms with Gasteiger partial charge in [0.15, 0.2) is 11.6 Å². The minimum absolute atomic E-state index is 0.0335. The average molecular weight is 239 g/mol. The third-order valence-electron chi connectivity index (χ3n) is 2.95. The Morgan fingerprint density at radius 2 is 2.24 bits per heavy atom. The highest BCUT2D eigenvalue weighted by molar-refractivity contribution is 5.73. The number of aliphatic hydroxyl groups excluding tert-OH is 1. The maximum atomic E-state index is 9.02. The normalized spacial score (nSPS) is 23.9. The smallest absolute Gasteiger partial charge is 0.159 e. The van der Waals surface area contributed by atoms with Crippen LogP contribution in [0.25, 0.3) is 0 Å². The van der Waals surface area contributed by atoms with Crippen molar-refractivity contribution in [3.8, 4) is 0 Å². The first-order valence-electron chi connectivity index (χ1n) is 5.48. The van der Waals surface area contributed by atoms with Crippen LogP contribution in [0.5, 0.6) is 0 Å². The molecule has 7 heteroatoms. The highest BCUT2D eigenvalue weighted by atomic mass is 16.5. The van der Waals surface area contributed by atoms with E-state index in [9.17, 15) is 0 Å². The molecular formula is C10H17N5O2. The lowest BCUT2D eigenvalue weighted by molar-refractivity contribution is 0.0125. The van der Waals surface area contributed by atoms with Gasteiger partial charge in [0, 0.05) is 7.05 Å². The van der Waals surface area contributed by atoms with Gasteiger partial charge in [-0.05, 0) is 12.8 Å². The van der Waals surface area contributed by atoms with Gasteiger partial charge < -0.3 is 26.2 Å². The fourth-order valence-electron chi connectivity index (χ4n) is 1.92. The molecule has 0 bridgehead atoms. The summed E-state index contributed by atoms with van der Waals surface area (Å²) in [5.74, 6) is 0.819.